The molecule has 1 fully saturated rings. The van der Waals surface area contributed by atoms with Gasteiger partial charge in [-0.05, 0) is 44.7 Å². The maximum Gasteiger partial charge on any atom is 0.339 e. The second-order valence-corrected chi connectivity index (χ2v) is 4.53. The summed E-state index contributed by atoms with van der Waals surface area (Å²) in [5.41, 5.74) is 3.80. The van der Waals surface area contributed by atoms with Gasteiger partial charge in [0.15, 0.2) is 0 Å². The molecule has 0 atom stereocenters. The number of pyridine rings is 1. The lowest BCUT2D eigenvalue weighted by Gasteiger charge is -2.11. The minimum absolute atomic E-state index is 0.248. The fraction of sp³-hybridized carbons (Fsp3) is 0.571. The number of esters is 1. The highest BCUT2D eigenvalue weighted by Crippen LogP contribution is 2.40. The van der Waals surface area contributed by atoms with Crippen LogP contribution in [0.5, 0.6) is 0 Å². The predicted octanol–water partition coefficient (Wildman–Crippen LogP) is 3.01. The molecule has 0 saturated heterocycles. The van der Waals surface area contributed by atoms with Crippen LogP contribution in [0.2, 0.25) is 0 Å². The molecule has 0 bridgehead atoms. The molecule has 1 saturated carbocycles. The maximum atomic E-state index is 11.8. The number of carbonyl (C=O) groups is 1. The van der Waals surface area contributed by atoms with Crippen molar-refractivity contribution < 1.29 is 9.53 Å². The highest BCUT2D eigenvalue weighted by atomic mass is 16.5. The standard InChI is InChI=1S/C14H19NO2/c1-4-12-11(14(16)17-5-2)8-9(3)13(15-12)10-6-7-10/h8,10H,4-7H2,1-3H3. The molecular weight excluding hydrogens is 214 g/mol. The van der Waals surface area contributed by atoms with Gasteiger partial charge in [0.2, 0.25) is 0 Å². The summed E-state index contributed by atoms with van der Waals surface area (Å²) in [5.74, 6) is 0.374. The lowest BCUT2D eigenvalue weighted by molar-refractivity contribution is 0.0524. The van der Waals surface area contributed by atoms with Crippen molar-refractivity contribution in [2.45, 2.75) is 46.0 Å². The normalized spacial score (nSPS) is 14.8. The van der Waals surface area contributed by atoms with Crippen LogP contribution in [0.3, 0.4) is 0 Å². The first-order chi connectivity index (χ1) is 8.17. The number of hydrogen-bond donors (Lipinski definition) is 0. The molecule has 0 spiro atoms. The Morgan fingerprint density at radius 3 is 2.71 bits per heavy atom. The van der Waals surface area contributed by atoms with Crippen molar-refractivity contribution in [1.82, 2.24) is 4.98 Å². The number of rotatable bonds is 4. The third kappa shape index (κ3) is 2.48. The number of nitrogens with zero attached hydrogens (tertiary/aromatic N) is 1. The van der Waals surface area contributed by atoms with Crippen molar-refractivity contribution >= 4 is 5.97 Å². The highest BCUT2D eigenvalue weighted by molar-refractivity contribution is 5.90. The number of hydrogen-bond acceptors (Lipinski definition) is 3. The zero-order valence-electron chi connectivity index (χ0n) is 10.7. The zero-order chi connectivity index (χ0) is 12.4. The van der Waals surface area contributed by atoms with E-state index < -0.39 is 0 Å². The van der Waals surface area contributed by atoms with Crippen molar-refractivity contribution in [3.05, 3.63) is 28.6 Å². The third-order valence-corrected chi connectivity index (χ3v) is 3.13. The van der Waals surface area contributed by atoms with E-state index in [1.807, 2.05) is 26.8 Å². The van der Waals surface area contributed by atoms with Crippen LogP contribution in [-0.2, 0) is 11.2 Å². The quantitative estimate of drug-likeness (QED) is 0.750. The lowest BCUT2D eigenvalue weighted by atomic mass is 10.0. The van der Waals surface area contributed by atoms with E-state index in [0.717, 1.165) is 17.7 Å². The van der Waals surface area contributed by atoms with E-state index in [1.54, 1.807) is 0 Å². The molecule has 1 aliphatic rings. The number of aromatic nitrogens is 1. The Bertz CT molecular complexity index is 436. The van der Waals surface area contributed by atoms with Crippen molar-refractivity contribution in [2.75, 3.05) is 6.61 Å². The molecule has 1 aromatic heterocycles. The number of ether oxygens (including phenoxy) is 1. The van der Waals surface area contributed by atoms with Crippen LogP contribution in [-0.4, -0.2) is 17.6 Å². The van der Waals surface area contributed by atoms with E-state index in [9.17, 15) is 4.79 Å². The Labute approximate surface area is 102 Å². The van der Waals surface area contributed by atoms with Gasteiger partial charge in [-0.1, -0.05) is 6.92 Å². The Kier molecular flexibility index (Phi) is 3.46. The molecule has 17 heavy (non-hydrogen) atoms. The van der Waals surface area contributed by atoms with Gasteiger partial charge in [-0.25, -0.2) is 4.79 Å². The first kappa shape index (κ1) is 12.1. The van der Waals surface area contributed by atoms with E-state index in [1.165, 1.54) is 18.5 Å². The van der Waals surface area contributed by atoms with Gasteiger partial charge >= 0.3 is 5.97 Å². The summed E-state index contributed by atoms with van der Waals surface area (Å²) >= 11 is 0. The average Bonchev–Trinajstić information content (AvgIpc) is 3.13. The molecule has 92 valence electrons. The third-order valence-electron chi connectivity index (χ3n) is 3.13. The van der Waals surface area contributed by atoms with Crippen molar-refractivity contribution in [1.29, 1.82) is 0 Å². The molecule has 0 N–H and O–H groups in total. The molecule has 1 aliphatic carbocycles. The number of aryl methyl sites for hydroxylation is 2. The van der Waals surface area contributed by atoms with Gasteiger partial charge in [0, 0.05) is 11.6 Å². The monoisotopic (exact) mass is 233 g/mol. The van der Waals surface area contributed by atoms with Crippen LogP contribution in [0.25, 0.3) is 0 Å². The summed E-state index contributed by atoms with van der Waals surface area (Å²) in [5, 5.41) is 0. The zero-order valence-corrected chi connectivity index (χ0v) is 10.7. The summed E-state index contributed by atoms with van der Waals surface area (Å²) in [6.45, 7) is 6.29. The fourth-order valence-electron chi connectivity index (χ4n) is 2.09. The summed E-state index contributed by atoms with van der Waals surface area (Å²) in [4.78, 5) is 16.5. The molecule has 1 aromatic rings. The summed E-state index contributed by atoms with van der Waals surface area (Å²) in [7, 11) is 0. The number of carbonyl (C=O) groups excluding carboxylic acids is 1. The molecule has 1 heterocycles. The van der Waals surface area contributed by atoms with Gasteiger partial charge in [0.25, 0.3) is 0 Å². The maximum absolute atomic E-state index is 11.8. The largest absolute Gasteiger partial charge is 0.462 e. The summed E-state index contributed by atoms with van der Waals surface area (Å²) in [6, 6.07) is 1.94. The highest BCUT2D eigenvalue weighted by Gasteiger charge is 2.28. The van der Waals surface area contributed by atoms with Crippen LogP contribution in [0.1, 0.15) is 59.9 Å². The molecule has 0 unspecified atom stereocenters. The van der Waals surface area contributed by atoms with Gasteiger partial charge in [-0.3, -0.25) is 4.98 Å². The Balaban J connectivity index is 2.37. The fourth-order valence-corrected chi connectivity index (χ4v) is 2.09. The SMILES string of the molecule is CCOC(=O)c1cc(C)c(C2CC2)nc1CC. The van der Waals surface area contributed by atoms with Crippen molar-refractivity contribution in [3.63, 3.8) is 0 Å². The van der Waals surface area contributed by atoms with Gasteiger partial charge in [-0.2, -0.15) is 0 Å². The minimum Gasteiger partial charge on any atom is -0.462 e. The van der Waals surface area contributed by atoms with Gasteiger partial charge in [-0.15, -0.1) is 0 Å². The minimum atomic E-state index is -0.248. The molecule has 0 aromatic carbocycles. The summed E-state index contributed by atoms with van der Waals surface area (Å²) < 4.78 is 5.06. The topological polar surface area (TPSA) is 39.2 Å². The first-order valence-corrected chi connectivity index (χ1v) is 6.34. The van der Waals surface area contributed by atoms with Crippen LogP contribution in [0, 0.1) is 6.92 Å². The van der Waals surface area contributed by atoms with Crippen LogP contribution >= 0.6 is 0 Å². The molecule has 0 aliphatic heterocycles. The smallest absolute Gasteiger partial charge is 0.339 e. The van der Waals surface area contributed by atoms with Crippen molar-refractivity contribution in [2.24, 2.45) is 0 Å². The van der Waals surface area contributed by atoms with Crippen LogP contribution in [0.15, 0.2) is 6.07 Å². The van der Waals surface area contributed by atoms with Crippen LogP contribution < -0.4 is 0 Å². The molecular formula is C14H19NO2. The molecule has 2 rings (SSSR count). The molecule has 3 heteroatoms. The van der Waals surface area contributed by atoms with E-state index in [-0.39, 0.29) is 5.97 Å². The molecule has 3 nitrogen and oxygen atoms in total. The average molecular weight is 233 g/mol. The molecule has 0 radical (unpaired) electrons. The first-order valence-electron chi connectivity index (χ1n) is 6.34. The van der Waals surface area contributed by atoms with E-state index >= 15 is 0 Å². The Morgan fingerprint density at radius 2 is 2.18 bits per heavy atom. The van der Waals surface area contributed by atoms with E-state index in [0.29, 0.717) is 18.1 Å². The van der Waals surface area contributed by atoms with Gasteiger partial charge in [0.05, 0.1) is 17.9 Å². The van der Waals surface area contributed by atoms with E-state index in [2.05, 4.69) is 4.98 Å². The second kappa shape index (κ2) is 4.86. The lowest BCUT2D eigenvalue weighted by Crippen LogP contribution is -2.11. The van der Waals surface area contributed by atoms with Crippen LogP contribution in [0.4, 0.5) is 0 Å². The summed E-state index contributed by atoms with van der Waals surface area (Å²) in [6.07, 6.45) is 3.24. The van der Waals surface area contributed by atoms with Gasteiger partial charge < -0.3 is 4.74 Å². The predicted molar refractivity (Wildman–Crippen MR) is 66.3 cm³/mol. The Morgan fingerprint density at radius 1 is 1.47 bits per heavy atom. The van der Waals surface area contributed by atoms with E-state index in [4.69, 9.17) is 4.74 Å². The second-order valence-electron chi connectivity index (χ2n) is 4.53. The Hall–Kier alpha value is -1.38. The van der Waals surface area contributed by atoms with Crippen molar-refractivity contribution in [3.8, 4) is 0 Å². The molecule has 0 amide bonds. The van der Waals surface area contributed by atoms with Gasteiger partial charge in [0.1, 0.15) is 0 Å².